The summed E-state index contributed by atoms with van der Waals surface area (Å²) in [6.07, 6.45) is 2.18. The van der Waals surface area contributed by atoms with Crippen LogP contribution in [-0.2, 0) is 4.79 Å². The van der Waals surface area contributed by atoms with E-state index in [1.807, 2.05) is 0 Å². The molecule has 0 bridgehead atoms. The molecule has 18 heavy (non-hydrogen) atoms. The van der Waals surface area contributed by atoms with Gasteiger partial charge in [-0.1, -0.05) is 36.2 Å². The van der Waals surface area contributed by atoms with E-state index in [2.05, 4.69) is 17.6 Å². The van der Waals surface area contributed by atoms with Gasteiger partial charge in [-0.2, -0.15) is 0 Å². The molecule has 1 aliphatic rings. The molecule has 1 amide bonds. The Balaban J connectivity index is 2.09. The summed E-state index contributed by atoms with van der Waals surface area (Å²) in [7, 11) is 0. The van der Waals surface area contributed by atoms with E-state index in [1.54, 1.807) is 18.2 Å². The topological polar surface area (TPSA) is 41.1 Å². The zero-order chi connectivity index (χ0) is 13.1. The summed E-state index contributed by atoms with van der Waals surface area (Å²) in [6, 6.07) is 5.05. The number of carbonyl (C=O) groups excluding carboxylic acids is 1. The van der Waals surface area contributed by atoms with Gasteiger partial charge >= 0.3 is 0 Å². The number of anilines is 1. The average molecular weight is 287 g/mol. The smallest absolute Gasteiger partial charge is 0.241 e. The van der Waals surface area contributed by atoms with E-state index in [1.165, 1.54) is 0 Å². The van der Waals surface area contributed by atoms with Crippen LogP contribution in [-0.4, -0.2) is 18.5 Å². The van der Waals surface area contributed by atoms with Crippen molar-refractivity contribution in [2.24, 2.45) is 5.92 Å². The summed E-state index contributed by atoms with van der Waals surface area (Å²) in [6.45, 7) is 2.96. The second-order valence-corrected chi connectivity index (χ2v) is 5.43. The Morgan fingerprint density at radius 2 is 2.22 bits per heavy atom. The lowest BCUT2D eigenvalue weighted by Gasteiger charge is -2.29. The predicted octanol–water partition coefficient (Wildman–Crippen LogP) is 3.32. The summed E-state index contributed by atoms with van der Waals surface area (Å²) in [5.74, 6) is 0.281. The summed E-state index contributed by atoms with van der Waals surface area (Å²) in [5, 5.41) is 6.90. The van der Waals surface area contributed by atoms with Gasteiger partial charge in [0.2, 0.25) is 5.91 Å². The van der Waals surface area contributed by atoms with Crippen LogP contribution in [0.5, 0.6) is 0 Å². The minimum Gasteiger partial charge on any atom is -0.323 e. The van der Waals surface area contributed by atoms with E-state index in [0.717, 1.165) is 19.4 Å². The van der Waals surface area contributed by atoms with Gasteiger partial charge in [0, 0.05) is 0 Å². The highest BCUT2D eigenvalue weighted by Crippen LogP contribution is 2.30. The Morgan fingerprint density at radius 1 is 1.44 bits per heavy atom. The number of carbonyl (C=O) groups is 1. The van der Waals surface area contributed by atoms with Crippen LogP contribution in [0.15, 0.2) is 18.2 Å². The Morgan fingerprint density at radius 3 is 2.94 bits per heavy atom. The lowest BCUT2D eigenvalue weighted by atomic mass is 9.92. The molecule has 0 saturated carbocycles. The number of rotatable bonds is 2. The van der Waals surface area contributed by atoms with Gasteiger partial charge in [-0.05, 0) is 37.4 Å². The third kappa shape index (κ3) is 2.97. The fourth-order valence-electron chi connectivity index (χ4n) is 2.21. The molecule has 1 aromatic rings. The standard InChI is InChI=1S/C13H16Cl2N2O/c1-8-4-3-7-16-12(8)13(18)17-10-6-2-5-9(14)11(10)15/h2,5-6,8,12,16H,3-4,7H2,1H3,(H,17,18). The van der Waals surface area contributed by atoms with Crippen LogP contribution in [0, 0.1) is 5.92 Å². The Bertz CT molecular complexity index is 451. The molecule has 2 atom stereocenters. The van der Waals surface area contributed by atoms with Crippen molar-refractivity contribution in [2.75, 3.05) is 11.9 Å². The van der Waals surface area contributed by atoms with Gasteiger partial charge in [-0.3, -0.25) is 4.79 Å². The molecule has 1 aliphatic heterocycles. The minimum atomic E-state index is -0.159. The molecule has 3 nitrogen and oxygen atoms in total. The minimum absolute atomic E-state index is 0.0497. The van der Waals surface area contributed by atoms with Crippen molar-refractivity contribution in [3.63, 3.8) is 0 Å². The zero-order valence-electron chi connectivity index (χ0n) is 10.2. The SMILES string of the molecule is CC1CCCNC1C(=O)Nc1cccc(Cl)c1Cl. The quantitative estimate of drug-likeness (QED) is 0.876. The van der Waals surface area contributed by atoms with Gasteiger partial charge in [-0.25, -0.2) is 0 Å². The van der Waals surface area contributed by atoms with Crippen LogP contribution in [0.2, 0.25) is 10.0 Å². The molecule has 2 unspecified atom stereocenters. The number of halogens is 2. The van der Waals surface area contributed by atoms with E-state index in [9.17, 15) is 4.79 Å². The molecule has 0 aliphatic carbocycles. The molecule has 1 heterocycles. The molecule has 1 fully saturated rings. The maximum atomic E-state index is 12.2. The summed E-state index contributed by atoms with van der Waals surface area (Å²) >= 11 is 12.0. The van der Waals surface area contributed by atoms with E-state index < -0.39 is 0 Å². The lowest BCUT2D eigenvalue weighted by Crippen LogP contribution is -2.48. The largest absolute Gasteiger partial charge is 0.323 e. The van der Waals surface area contributed by atoms with Gasteiger partial charge in [-0.15, -0.1) is 0 Å². The predicted molar refractivity (Wildman–Crippen MR) is 75.3 cm³/mol. The van der Waals surface area contributed by atoms with Crippen molar-refractivity contribution in [1.29, 1.82) is 0 Å². The molecule has 2 rings (SSSR count). The Hall–Kier alpha value is -0.770. The van der Waals surface area contributed by atoms with Gasteiger partial charge in [0.1, 0.15) is 0 Å². The van der Waals surface area contributed by atoms with Crippen molar-refractivity contribution in [3.05, 3.63) is 28.2 Å². The van der Waals surface area contributed by atoms with Crippen molar-refractivity contribution in [3.8, 4) is 0 Å². The maximum Gasteiger partial charge on any atom is 0.241 e. The second-order valence-electron chi connectivity index (χ2n) is 4.64. The van der Waals surface area contributed by atoms with E-state index in [-0.39, 0.29) is 11.9 Å². The fourth-order valence-corrected chi connectivity index (χ4v) is 2.56. The first-order valence-electron chi connectivity index (χ1n) is 6.08. The molecule has 0 aromatic heterocycles. The Kier molecular flexibility index (Phi) is 4.49. The highest BCUT2D eigenvalue weighted by molar-refractivity contribution is 6.44. The van der Waals surface area contributed by atoms with Gasteiger partial charge in [0.05, 0.1) is 21.8 Å². The average Bonchev–Trinajstić information content (AvgIpc) is 2.35. The maximum absolute atomic E-state index is 12.2. The molecular weight excluding hydrogens is 271 g/mol. The van der Waals surface area contributed by atoms with Gasteiger partial charge < -0.3 is 10.6 Å². The highest BCUT2D eigenvalue weighted by atomic mass is 35.5. The number of amides is 1. The molecule has 0 radical (unpaired) electrons. The number of hydrogen-bond acceptors (Lipinski definition) is 2. The van der Waals surface area contributed by atoms with Crippen LogP contribution in [0.3, 0.4) is 0 Å². The third-order valence-corrected chi connectivity index (χ3v) is 4.08. The number of hydrogen-bond donors (Lipinski definition) is 2. The van der Waals surface area contributed by atoms with Crippen molar-refractivity contribution < 1.29 is 4.79 Å². The summed E-state index contributed by atoms with van der Waals surface area (Å²) in [4.78, 5) is 12.2. The fraction of sp³-hybridized carbons (Fsp3) is 0.462. The number of nitrogens with one attached hydrogen (secondary N) is 2. The van der Waals surface area contributed by atoms with Crippen LogP contribution in [0.4, 0.5) is 5.69 Å². The van der Waals surface area contributed by atoms with Crippen LogP contribution < -0.4 is 10.6 Å². The van der Waals surface area contributed by atoms with E-state index in [4.69, 9.17) is 23.2 Å². The zero-order valence-corrected chi connectivity index (χ0v) is 11.7. The molecule has 0 spiro atoms. The van der Waals surface area contributed by atoms with Crippen LogP contribution >= 0.6 is 23.2 Å². The number of benzene rings is 1. The lowest BCUT2D eigenvalue weighted by molar-refractivity contribution is -0.119. The first kappa shape index (κ1) is 13.7. The molecule has 1 saturated heterocycles. The second kappa shape index (κ2) is 5.91. The van der Waals surface area contributed by atoms with Crippen molar-refractivity contribution >= 4 is 34.8 Å². The first-order valence-corrected chi connectivity index (χ1v) is 6.83. The van der Waals surface area contributed by atoms with Gasteiger partial charge in [0.15, 0.2) is 0 Å². The number of piperidine rings is 1. The summed E-state index contributed by atoms with van der Waals surface area (Å²) < 4.78 is 0. The third-order valence-electron chi connectivity index (χ3n) is 3.26. The van der Waals surface area contributed by atoms with Crippen molar-refractivity contribution in [2.45, 2.75) is 25.8 Å². The van der Waals surface area contributed by atoms with E-state index in [0.29, 0.717) is 21.7 Å². The monoisotopic (exact) mass is 286 g/mol. The molecular formula is C13H16Cl2N2O. The summed E-state index contributed by atoms with van der Waals surface area (Å²) in [5.41, 5.74) is 0.564. The van der Waals surface area contributed by atoms with Crippen LogP contribution in [0.1, 0.15) is 19.8 Å². The molecule has 1 aromatic carbocycles. The molecule has 5 heteroatoms. The van der Waals surface area contributed by atoms with E-state index >= 15 is 0 Å². The van der Waals surface area contributed by atoms with Crippen molar-refractivity contribution in [1.82, 2.24) is 5.32 Å². The normalized spacial score (nSPS) is 23.7. The Labute approximate surface area is 117 Å². The van der Waals surface area contributed by atoms with Crippen LogP contribution in [0.25, 0.3) is 0 Å². The highest BCUT2D eigenvalue weighted by Gasteiger charge is 2.27. The first-order chi connectivity index (χ1) is 8.59. The molecule has 2 N–H and O–H groups in total. The molecule has 98 valence electrons. The van der Waals surface area contributed by atoms with Gasteiger partial charge in [0.25, 0.3) is 0 Å².